The lowest BCUT2D eigenvalue weighted by Crippen LogP contribution is -2.07. The molecule has 1 rings (SSSR count). The molecule has 4 heteroatoms. The summed E-state index contributed by atoms with van der Waals surface area (Å²) in [7, 11) is 0. The van der Waals surface area contributed by atoms with Crippen LogP contribution in [0.15, 0.2) is 18.2 Å². The highest BCUT2D eigenvalue weighted by molar-refractivity contribution is 5.43. The number of benzene rings is 1. The van der Waals surface area contributed by atoms with Crippen LogP contribution in [0.1, 0.15) is 31.9 Å². The van der Waals surface area contributed by atoms with Gasteiger partial charge in [0.05, 0.1) is 19.3 Å². The smallest absolute Gasteiger partial charge is 0.161 e. The molecule has 0 amide bonds. The van der Waals surface area contributed by atoms with Crippen molar-refractivity contribution in [1.82, 2.24) is 0 Å². The van der Waals surface area contributed by atoms with Crippen LogP contribution in [0.5, 0.6) is 11.5 Å². The van der Waals surface area contributed by atoms with E-state index in [1.807, 2.05) is 32.0 Å². The summed E-state index contributed by atoms with van der Waals surface area (Å²) in [6.07, 6.45) is -0.00519. The third-order valence-electron chi connectivity index (χ3n) is 2.39. The molecular formula is C13H21NO3. The first-order chi connectivity index (χ1) is 8.22. The van der Waals surface area contributed by atoms with Gasteiger partial charge in [-0.2, -0.15) is 0 Å². The van der Waals surface area contributed by atoms with Gasteiger partial charge in [0.1, 0.15) is 0 Å². The zero-order valence-electron chi connectivity index (χ0n) is 10.5. The first kappa shape index (κ1) is 13.8. The lowest BCUT2D eigenvalue weighted by atomic mass is 10.1. The number of hydrogen-bond donors (Lipinski definition) is 2. The molecule has 96 valence electrons. The molecular weight excluding hydrogens is 218 g/mol. The SMILES string of the molecule is CCOc1ccc([C@@H](O)CCN)cc1OCC. The highest BCUT2D eigenvalue weighted by Gasteiger charge is 2.11. The average molecular weight is 239 g/mol. The normalized spacial score (nSPS) is 12.2. The molecule has 3 N–H and O–H groups in total. The van der Waals surface area contributed by atoms with Crippen LogP contribution in [-0.2, 0) is 0 Å². The van der Waals surface area contributed by atoms with E-state index in [0.29, 0.717) is 37.7 Å². The van der Waals surface area contributed by atoms with E-state index in [1.165, 1.54) is 0 Å². The first-order valence-corrected chi connectivity index (χ1v) is 6.00. The molecule has 0 saturated carbocycles. The van der Waals surface area contributed by atoms with E-state index in [9.17, 15) is 5.11 Å². The van der Waals surface area contributed by atoms with Crippen molar-refractivity contribution < 1.29 is 14.6 Å². The topological polar surface area (TPSA) is 64.7 Å². The summed E-state index contributed by atoms with van der Waals surface area (Å²) in [6.45, 7) is 5.45. The monoisotopic (exact) mass is 239 g/mol. The van der Waals surface area contributed by atoms with E-state index in [0.717, 1.165) is 5.56 Å². The van der Waals surface area contributed by atoms with E-state index >= 15 is 0 Å². The Balaban J connectivity index is 2.91. The fraction of sp³-hybridized carbons (Fsp3) is 0.538. The molecule has 0 spiro atoms. The van der Waals surface area contributed by atoms with Gasteiger partial charge in [-0.3, -0.25) is 0 Å². The zero-order valence-corrected chi connectivity index (χ0v) is 10.5. The molecule has 0 aliphatic carbocycles. The highest BCUT2D eigenvalue weighted by atomic mass is 16.5. The number of nitrogens with two attached hydrogens (primary N) is 1. The van der Waals surface area contributed by atoms with Crippen molar-refractivity contribution in [3.8, 4) is 11.5 Å². The van der Waals surface area contributed by atoms with Gasteiger partial charge < -0.3 is 20.3 Å². The quantitative estimate of drug-likeness (QED) is 0.762. The standard InChI is InChI=1S/C13H21NO3/c1-3-16-12-6-5-10(11(15)7-8-14)9-13(12)17-4-2/h5-6,9,11,15H,3-4,7-8,14H2,1-2H3/t11-/m0/s1. The number of aliphatic hydroxyl groups excluding tert-OH is 1. The Kier molecular flexibility index (Phi) is 5.80. The second-order valence-corrected chi connectivity index (χ2v) is 3.67. The molecule has 0 aromatic heterocycles. The van der Waals surface area contributed by atoms with Gasteiger partial charge in [0.2, 0.25) is 0 Å². The number of aliphatic hydroxyl groups is 1. The van der Waals surface area contributed by atoms with Crippen LogP contribution in [-0.4, -0.2) is 24.9 Å². The maximum atomic E-state index is 9.86. The van der Waals surface area contributed by atoms with Crippen LogP contribution in [0.25, 0.3) is 0 Å². The Morgan fingerprint density at radius 3 is 2.41 bits per heavy atom. The van der Waals surface area contributed by atoms with Gasteiger partial charge in [-0.25, -0.2) is 0 Å². The minimum atomic E-state index is -0.546. The van der Waals surface area contributed by atoms with Gasteiger partial charge in [-0.05, 0) is 44.5 Å². The Morgan fingerprint density at radius 2 is 1.82 bits per heavy atom. The molecule has 0 bridgehead atoms. The summed E-state index contributed by atoms with van der Waals surface area (Å²) >= 11 is 0. The minimum Gasteiger partial charge on any atom is -0.490 e. The third kappa shape index (κ3) is 3.91. The number of rotatable bonds is 7. The molecule has 1 aromatic carbocycles. The molecule has 0 fully saturated rings. The van der Waals surface area contributed by atoms with Gasteiger partial charge in [-0.1, -0.05) is 6.07 Å². The molecule has 0 unspecified atom stereocenters. The van der Waals surface area contributed by atoms with Crippen molar-refractivity contribution in [3.05, 3.63) is 23.8 Å². The van der Waals surface area contributed by atoms with Crippen LogP contribution in [0.2, 0.25) is 0 Å². The second-order valence-electron chi connectivity index (χ2n) is 3.67. The minimum absolute atomic E-state index is 0.457. The van der Waals surface area contributed by atoms with E-state index in [-0.39, 0.29) is 0 Å². The fourth-order valence-corrected chi connectivity index (χ4v) is 1.60. The Bertz CT molecular complexity index is 341. The van der Waals surface area contributed by atoms with E-state index in [1.54, 1.807) is 0 Å². The van der Waals surface area contributed by atoms with E-state index < -0.39 is 6.10 Å². The van der Waals surface area contributed by atoms with E-state index in [2.05, 4.69) is 0 Å². The third-order valence-corrected chi connectivity index (χ3v) is 2.39. The van der Waals surface area contributed by atoms with Gasteiger partial charge in [0.15, 0.2) is 11.5 Å². The lowest BCUT2D eigenvalue weighted by Gasteiger charge is -2.15. The molecule has 1 aromatic rings. The fourth-order valence-electron chi connectivity index (χ4n) is 1.60. The lowest BCUT2D eigenvalue weighted by molar-refractivity contribution is 0.169. The average Bonchev–Trinajstić information content (AvgIpc) is 2.32. The Morgan fingerprint density at radius 1 is 1.18 bits per heavy atom. The van der Waals surface area contributed by atoms with Gasteiger partial charge in [0.25, 0.3) is 0 Å². The molecule has 4 nitrogen and oxygen atoms in total. The summed E-state index contributed by atoms with van der Waals surface area (Å²) in [4.78, 5) is 0. The molecule has 0 saturated heterocycles. The maximum Gasteiger partial charge on any atom is 0.161 e. The summed E-state index contributed by atoms with van der Waals surface area (Å²) in [5.74, 6) is 1.38. The Labute approximate surface area is 102 Å². The highest BCUT2D eigenvalue weighted by Crippen LogP contribution is 2.31. The molecule has 0 radical (unpaired) electrons. The van der Waals surface area contributed by atoms with Gasteiger partial charge in [0, 0.05) is 0 Å². The number of ether oxygens (including phenoxy) is 2. The van der Waals surface area contributed by atoms with Gasteiger partial charge >= 0.3 is 0 Å². The summed E-state index contributed by atoms with van der Waals surface area (Å²) in [5, 5.41) is 9.86. The predicted molar refractivity (Wildman–Crippen MR) is 67.4 cm³/mol. The van der Waals surface area contributed by atoms with Crippen LogP contribution < -0.4 is 15.2 Å². The summed E-state index contributed by atoms with van der Waals surface area (Å²) < 4.78 is 10.9. The Hall–Kier alpha value is -1.26. The number of hydrogen-bond acceptors (Lipinski definition) is 4. The van der Waals surface area contributed by atoms with Crippen molar-refractivity contribution in [2.75, 3.05) is 19.8 Å². The second kappa shape index (κ2) is 7.14. The molecule has 0 aliphatic rings. The zero-order chi connectivity index (χ0) is 12.7. The predicted octanol–water partition coefficient (Wildman–Crippen LogP) is 1.87. The van der Waals surface area contributed by atoms with E-state index in [4.69, 9.17) is 15.2 Å². The van der Waals surface area contributed by atoms with Crippen molar-refractivity contribution >= 4 is 0 Å². The van der Waals surface area contributed by atoms with Crippen molar-refractivity contribution in [1.29, 1.82) is 0 Å². The molecule has 1 atom stereocenters. The first-order valence-electron chi connectivity index (χ1n) is 6.00. The van der Waals surface area contributed by atoms with Crippen LogP contribution >= 0.6 is 0 Å². The van der Waals surface area contributed by atoms with Crippen molar-refractivity contribution in [2.24, 2.45) is 5.73 Å². The van der Waals surface area contributed by atoms with Crippen molar-refractivity contribution in [3.63, 3.8) is 0 Å². The van der Waals surface area contributed by atoms with Crippen LogP contribution in [0.3, 0.4) is 0 Å². The van der Waals surface area contributed by atoms with Gasteiger partial charge in [-0.15, -0.1) is 0 Å². The molecule has 0 heterocycles. The van der Waals surface area contributed by atoms with Crippen LogP contribution in [0, 0.1) is 0 Å². The largest absolute Gasteiger partial charge is 0.490 e. The van der Waals surface area contributed by atoms with Crippen LogP contribution in [0.4, 0.5) is 0 Å². The van der Waals surface area contributed by atoms with Crippen molar-refractivity contribution in [2.45, 2.75) is 26.4 Å². The summed E-state index contributed by atoms with van der Waals surface area (Å²) in [5.41, 5.74) is 6.23. The summed E-state index contributed by atoms with van der Waals surface area (Å²) in [6, 6.07) is 5.48. The molecule has 17 heavy (non-hydrogen) atoms. The maximum absolute atomic E-state index is 9.86. The molecule has 0 aliphatic heterocycles.